The Hall–Kier alpha value is -1.59. The molecule has 108 valence electrons. The van der Waals surface area contributed by atoms with Crippen LogP contribution in [0.1, 0.15) is 42.0 Å². The van der Waals surface area contributed by atoms with Gasteiger partial charge in [-0.15, -0.1) is 0 Å². The van der Waals surface area contributed by atoms with Gasteiger partial charge in [-0.25, -0.2) is 0 Å². The fourth-order valence-electron chi connectivity index (χ4n) is 2.93. The third-order valence-corrected chi connectivity index (χ3v) is 5.08. The van der Waals surface area contributed by atoms with Crippen molar-refractivity contribution in [1.82, 2.24) is 0 Å². The SMILES string of the molecule is Cc1cc(C)c(-c2oc3ccc(C(C)C)cc3p2)c(C)c1. The zero-order chi connectivity index (χ0) is 15.1. The van der Waals surface area contributed by atoms with Crippen LogP contribution in [-0.4, -0.2) is 0 Å². The Morgan fingerprint density at radius 3 is 2.24 bits per heavy atom. The Morgan fingerprint density at radius 2 is 1.62 bits per heavy atom. The molecule has 0 amide bonds. The summed E-state index contributed by atoms with van der Waals surface area (Å²) in [5, 5.41) is 1.29. The van der Waals surface area contributed by atoms with E-state index in [1.807, 2.05) is 0 Å². The predicted molar refractivity (Wildman–Crippen MR) is 92.5 cm³/mol. The Kier molecular flexibility index (Phi) is 3.63. The summed E-state index contributed by atoms with van der Waals surface area (Å²) in [5.41, 5.74) is 8.63. The van der Waals surface area contributed by atoms with Crippen LogP contribution in [0.3, 0.4) is 0 Å². The summed E-state index contributed by atoms with van der Waals surface area (Å²) >= 11 is 0. The number of hydrogen-bond donors (Lipinski definition) is 0. The molecular formula is C19H21OP. The molecule has 1 heterocycles. The lowest BCUT2D eigenvalue weighted by atomic mass is 10.0. The molecule has 0 aliphatic heterocycles. The van der Waals surface area contributed by atoms with Gasteiger partial charge in [-0.05, 0) is 63.7 Å². The fraction of sp³-hybridized carbons (Fsp3) is 0.316. The zero-order valence-corrected chi connectivity index (χ0v) is 14.2. The van der Waals surface area contributed by atoms with Gasteiger partial charge in [0.25, 0.3) is 0 Å². The van der Waals surface area contributed by atoms with E-state index in [4.69, 9.17) is 4.42 Å². The van der Waals surface area contributed by atoms with Gasteiger partial charge in [0, 0.05) is 10.7 Å². The third kappa shape index (κ3) is 2.63. The van der Waals surface area contributed by atoms with Crippen LogP contribution in [0.5, 0.6) is 0 Å². The van der Waals surface area contributed by atoms with Crippen molar-refractivity contribution in [3.05, 3.63) is 52.6 Å². The van der Waals surface area contributed by atoms with E-state index < -0.39 is 0 Å². The summed E-state index contributed by atoms with van der Waals surface area (Å²) in [6.07, 6.45) is 0. The maximum Gasteiger partial charge on any atom is 0.161 e. The van der Waals surface area contributed by atoms with Crippen LogP contribution in [0, 0.1) is 20.8 Å². The molecule has 0 atom stereocenters. The molecule has 0 unspecified atom stereocenters. The van der Waals surface area contributed by atoms with E-state index in [2.05, 4.69) is 65.0 Å². The van der Waals surface area contributed by atoms with Crippen molar-refractivity contribution in [3.8, 4) is 11.1 Å². The molecular weight excluding hydrogens is 275 g/mol. The first-order valence-corrected chi connectivity index (χ1v) is 8.34. The molecule has 0 bridgehead atoms. The van der Waals surface area contributed by atoms with Crippen molar-refractivity contribution in [2.75, 3.05) is 0 Å². The maximum absolute atomic E-state index is 6.13. The van der Waals surface area contributed by atoms with Crippen molar-refractivity contribution in [1.29, 1.82) is 0 Å². The van der Waals surface area contributed by atoms with Gasteiger partial charge in [0.05, 0.1) is 0 Å². The highest BCUT2D eigenvalue weighted by Gasteiger charge is 2.13. The normalized spacial score (nSPS) is 11.9. The Morgan fingerprint density at radius 1 is 0.952 bits per heavy atom. The van der Waals surface area contributed by atoms with Crippen molar-refractivity contribution in [2.24, 2.45) is 0 Å². The number of hydrogen-bond acceptors (Lipinski definition) is 1. The van der Waals surface area contributed by atoms with E-state index in [1.54, 1.807) is 0 Å². The first kappa shape index (κ1) is 14.4. The standard InChI is InChI=1S/C19H21OP/c1-11(2)15-6-7-16-17(10-15)21-19(20-16)18-13(4)8-12(3)9-14(18)5/h6-11H,1-5H3. The summed E-state index contributed by atoms with van der Waals surface area (Å²) in [6.45, 7) is 10.9. The van der Waals surface area contributed by atoms with Gasteiger partial charge in [0.1, 0.15) is 5.58 Å². The first-order chi connectivity index (χ1) is 9.95. The monoisotopic (exact) mass is 296 g/mol. The molecule has 1 nitrogen and oxygen atoms in total. The average Bonchev–Trinajstić information content (AvgIpc) is 2.79. The second-order valence-electron chi connectivity index (χ2n) is 6.17. The fourth-order valence-corrected chi connectivity index (χ4v) is 4.20. The maximum atomic E-state index is 6.13. The highest BCUT2D eigenvalue weighted by Crippen LogP contribution is 2.41. The van der Waals surface area contributed by atoms with Crippen LogP contribution in [-0.2, 0) is 0 Å². The minimum atomic E-state index is 0.553. The summed E-state index contributed by atoms with van der Waals surface area (Å²) < 4.78 is 6.13. The Bertz CT molecular complexity index is 789. The van der Waals surface area contributed by atoms with Crippen molar-refractivity contribution in [3.63, 3.8) is 0 Å². The van der Waals surface area contributed by atoms with Gasteiger partial charge in [-0.3, -0.25) is 0 Å². The lowest BCUT2D eigenvalue weighted by Gasteiger charge is -2.07. The van der Waals surface area contributed by atoms with Crippen LogP contribution in [0.15, 0.2) is 34.7 Å². The number of rotatable bonds is 2. The molecule has 0 radical (unpaired) electrons. The summed E-state index contributed by atoms with van der Waals surface area (Å²) in [6, 6.07) is 11.0. The molecule has 2 heteroatoms. The molecule has 21 heavy (non-hydrogen) atoms. The van der Waals surface area contributed by atoms with Gasteiger partial charge < -0.3 is 4.42 Å². The van der Waals surface area contributed by atoms with Gasteiger partial charge in [-0.1, -0.05) is 37.6 Å². The molecule has 3 aromatic rings. The number of aryl methyl sites for hydroxylation is 3. The van der Waals surface area contributed by atoms with E-state index in [0.717, 1.165) is 11.1 Å². The molecule has 3 rings (SSSR count). The Labute approximate surface area is 128 Å². The van der Waals surface area contributed by atoms with Crippen molar-refractivity contribution in [2.45, 2.75) is 40.5 Å². The van der Waals surface area contributed by atoms with Crippen molar-refractivity contribution < 1.29 is 4.42 Å². The van der Waals surface area contributed by atoms with Crippen LogP contribution in [0.25, 0.3) is 21.8 Å². The Balaban J connectivity index is 2.18. The van der Waals surface area contributed by atoms with E-state index in [-0.39, 0.29) is 0 Å². The second-order valence-corrected chi connectivity index (χ2v) is 7.29. The minimum Gasteiger partial charge on any atom is -0.451 e. The zero-order valence-electron chi connectivity index (χ0n) is 13.3. The number of fused-ring (bicyclic) bond motifs is 1. The van der Waals surface area contributed by atoms with Crippen LogP contribution < -0.4 is 0 Å². The molecule has 0 N–H and O–H groups in total. The lowest BCUT2D eigenvalue weighted by molar-refractivity contribution is 0.637. The second kappa shape index (κ2) is 5.31. The topological polar surface area (TPSA) is 13.1 Å². The molecule has 0 fully saturated rings. The van der Waals surface area contributed by atoms with Crippen LogP contribution in [0.2, 0.25) is 0 Å². The summed E-state index contributed by atoms with van der Waals surface area (Å²) in [5.74, 6) is 0.553. The average molecular weight is 296 g/mol. The largest absolute Gasteiger partial charge is 0.451 e. The minimum absolute atomic E-state index is 0.553. The molecule has 0 spiro atoms. The lowest BCUT2D eigenvalue weighted by Crippen LogP contribution is -1.87. The van der Waals surface area contributed by atoms with Crippen LogP contribution in [0.4, 0.5) is 0 Å². The van der Waals surface area contributed by atoms with Crippen molar-refractivity contribution >= 4 is 18.9 Å². The molecule has 0 saturated carbocycles. The predicted octanol–water partition coefficient (Wildman–Crippen LogP) is 6.73. The smallest absolute Gasteiger partial charge is 0.161 e. The highest BCUT2D eigenvalue weighted by atomic mass is 31.0. The first-order valence-electron chi connectivity index (χ1n) is 7.44. The quantitative estimate of drug-likeness (QED) is 0.511. The van der Waals surface area contributed by atoms with E-state index in [9.17, 15) is 0 Å². The van der Waals surface area contributed by atoms with Gasteiger partial charge in [0.2, 0.25) is 0 Å². The van der Waals surface area contributed by atoms with E-state index in [0.29, 0.717) is 5.92 Å². The molecule has 0 saturated heterocycles. The van der Waals surface area contributed by atoms with E-state index in [1.165, 1.54) is 41.1 Å². The van der Waals surface area contributed by atoms with Crippen LogP contribution >= 0.6 is 8.19 Å². The molecule has 0 aliphatic rings. The molecule has 1 aromatic heterocycles. The number of benzene rings is 2. The summed E-state index contributed by atoms with van der Waals surface area (Å²) in [7, 11) is 1.19. The highest BCUT2D eigenvalue weighted by molar-refractivity contribution is 7.40. The molecule has 0 aliphatic carbocycles. The third-order valence-electron chi connectivity index (χ3n) is 3.97. The molecule has 2 aromatic carbocycles. The van der Waals surface area contributed by atoms with Gasteiger partial charge in [-0.2, -0.15) is 0 Å². The van der Waals surface area contributed by atoms with Gasteiger partial charge >= 0.3 is 0 Å². The summed E-state index contributed by atoms with van der Waals surface area (Å²) in [4.78, 5) is 0. The van der Waals surface area contributed by atoms with E-state index >= 15 is 0 Å². The van der Waals surface area contributed by atoms with Gasteiger partial charge in [0.15, 0.2) is 5.49 Å².